The molecule has 1 aromatic heterocycles. The number of benzene rings is 1. The van der Waals surface area contributed by atoms with E-state index in [0.717, 1.165) is 23.5 Å². The van der Waals surface area contributed by atoms with Gasteiger partial charge in [-0.1, -0.05) is 11.6 Å². The summed E-state index contributed by atoms with van der Waals surface area (Å²) in [6.45, 7) is 5.27. The van der Waals surface area contributed by atoms with Crippen molar-refractivity contribution >= 4 is 11.6 Å². The third-order valence-corrected chi connectivity index (χ3v) is 4.06. The van der Waals surface area contributed by atoms with Crippen LogP contribution in [0.2, 0.25) is 5.02 Å². The summed E-state index contributed by atoms with van der Waals surface area (Å²) in [7, 11) is 0. The van der Waals surface area contributed by atoms with E-state index < -0.39 is 6.10 Å². The molecule has 0 bridgehead atoms. The molecular weight excluding hydrogens is 292 g/mol. The molecule has 1 aliphatic rings. The highest BCUT2D eigenvalue weighted by molar-refractivity contribution is 6.31. The van der Waals surface area contributed by atoms with Gasteiger partial charge in [-0.25, -0.2) is 0 Å². The molecule has 0 amide bonds. The Labute approximate surface area is 128 Å². The molecule has 21 heavy (non-hydrogen) atoms. The van der Waals surface area contributed by atoms with Crippen LogP contribution in [0.3, 0.4) is 0 Å². The summed E-state index contributed by atoms with van der Waals surface area (Å²) < 4.78 is 13.0. The molecule has 1 aromatic carbocycles. The fourth-order valence-corrected chi connectivity index (χ4v) is 2.61. The molecular formula is C15H17ClN2O3. The first-order valence-electron chi connectivity index (χ1n) is 6.89. The minimum Gasteiger partial charge on any atom is -0.490 e. The molecule has 3 rings (SSSR count). The van der Waals surface area contributed by atoms with Crippen molar-refractivity contribution in [3.63, 3.8) is 0 Å². The number of rotatable bonds is 4. The zero-order valence-electron chi connectivity index (χ0n) is 12.0. The summed E-state index contributed by atoms with van der Waals surface area (Å²) in [6, 6.07) is 5.44. The van der Waals surface area contributed by atoms with Crippen molar-refractivity contribution in [2.75, 3.05) is 6.61 Å². The zero-order valence-corrected chi connectivity index (χ0v) is 12.7. The van der Waals surface area contributed by atoms with Gasteiger partial charge in [-0.3, -0.25) is 4.68 Å². The largest absolute Gasteiger partial charge is 0.490 e. The molecule has 1 N–H and O–H groups in total. The number of ether oxygens (including phenoxy) is 2. The fraction of sp³-hybridized carbons (Fsp3) is 0.400. The minimum absolute atomic E-state index is 0.298. The number of nitrogens with zero attached hydrogens (tertiary/aromatic N) is 2. The average Bonchev–Trinajstić information content (AvgIpc) is 2.98. The highest BCUT2D eigenvalue weighted by Gasteiger charge is 2.22. The molecule has 0 spiro atoms. The molecule has 0 fully saturated rings. The lowest BCUT2D eigenvalue weighted by Gasteiger charge is -2.09. The van der Waals surface area contributed by atoms with Crippen LogP contribution in [0.4, 0.5) is 0 Å². The monoisotopic (exact) mass is 308 g/mol. The van der Waals surface area contributed by atoms with Crippen molar-refractivity contribution in [3.8, 4) is 11.5 Å². The number of aliphatic hydroxyl groups is 1. The smallest absolute Gasteiger partial charge is 0.131 e. The van der Waals surface area contributed by atoms with E-state index in [1.54, 1.807) is 6.07 Å². The van der Waals surface area contributed by atoms with E-state index in [4.69, 9.17) is 21.1 Å². The maximum absolute atomic E-state index is 9.69. The zero-order chi connectivity index (χ0) is 15.0. The molecule has 1 unspecified atom stereocenters. The van der Waals surface area contributed by atoms with Crippen molar-refractivity contribution in [2.24, 2.45) is 0 Å². The van der Waals surface area contributed by atoms with Crippen molar-refractivity contribution in [2.45, 2.75) is 33.1 Å². The molecule has 1 aliphatic heterocycles. The van der Waals surface area contributed by atoms with Crippen LogP contribution in [0.5, 0.6) is 11.5 Å². The highest BCUT2D eigenvalue weighted by atomic mass is 35.5. The van der Waals surface area contributed by atoms with E-state index >= 15 is 0 Å². The first-order chi connectivity index (χ1) is 10.1. The fourth-order valence-electron chi connectivity index (χ4n) is 2.42. The molecule has 0 radical (unpaired) electrons. The molecule has 1 atom stereocenters. The van der Waals surface area contributed by atoms with Crippen molar-refractivity contribution in [3.05, 3.63) is 40.2 Å². The second-order valence-corrected chi connectivity index (χ2v) is 5.35. The first-order valence-corrected chi connectivity index (χ1v) is 7.27. The van der Waals surface area contributed by atoms with Gasteiger partial charge >= 0.3 is 0 Å². The van der Waals surface area contributed by atoms with Crippen LogP contribution in [-0.4, -0.2) is 21.5 Å². The number of fused-ring (bicyclic) bond motifs is 1. The van der Waals surface area contributed by atoms with Crippen molar-refractivity contribution < 1.29 is 14.6 Å². The third-order valence-electron chi connectivity index (χ3n) is 3.57. The van der Waals surface area contributed by atoms with Gasteiger partial charge in [-0.15, -0.1) is 0 Å². The standard InChI is InChI=1S/C15H17ClN2O3/c1-3-18-12(15(16)9(2)17-18)7-20-10-4-5-11-13(19)8-21-14(11)6-10/h4-6,13,19H,3,7-8H2,1-2H3. The molecule has 5 nitrogen and oxygen atoms in total. The number of aliphatic hydroxyl groups excluding tert-OH is 1. The van der Waals surface area contributed by atoms with Gasteiger partial charge in [0.2, 0.25) is 0 Å². The van der Waals surface area contributed by atoms with Gasteiger partial charge in [0.25, 0.3) is 0 Å². The van der Waals surface area contributed by atoms with Crippen LogP contribution in [0.1, 0.15) is 30.0 Å². The minimum atomic E-state index is -0.548. The van der Waals surface area contributed by atoms with Crippen LogP contribution in [-0.2, 0) is 13.2 Å². The van der Waals surface area contributed by atoms with Gasteiger partial charge in [0.15, 0.2) is 0 Å². The van der Waals surface area contributed by atoms with E-state index in [9.17, 15) is 5.11 Å². The highest BCUT2D eigenvalue weighted by Crippen LogP contribution is 2.35. The molecule has 0 saturated carbocycles. The second kappa shape index (κ2) is 5.58. The van der Waals surface area contributed by atoms with E-state index in [0.29, 0.717) is 29.7 Å². The quantitative estimate of drug-likeness (QED) is 0.943. The van der Waals surface area contributed by atoms with Crippen LogP contribution in [0.15, 0.2) is 18.2 Å². The Morgan fingerprint density at radius 1 is 1.52 bits per heavy atom. The molecule has 6 heteroatoms. The van der Waals surface area contributed by atoms with Crippen LogP contribution in [0, 0.1) is 6.92 Å². The van der Waals surface area contributed by atoms with Crippen LogP contribution < -0.4 is 9.47 Å². The lowest BCUT2D eigenvalue weighted by Crippen LogP contribution is -2.06. The molecule has 0 aliphatic carbocycles. The normalized spacial score (nSPS) is 16.7. The maximum atomic E-state index is 9.69. The molecule has 112 valence electrons. The van der Waals surface area contributed by atoms with Gasteiger partial charge < -0.3 is 14.6 Å². The first kappa shape index (κ1) is 14.2. The van der Waals surface area contributed by atoms with E-state index in [-0.39, 0.29) is 0 Å². The number of aromatic nitrogens is 2. The third kappa shape index (κ3) is 2.59. The van der Waals surface area contributed by atoms with Gasteiger partial charge in [0.1, 0.15) is 30.8 Å². The molecule has 2 heterocycles. The van der Waals surface area contributed by atoms with Gasteiger partial charge in [-0.2, -0.15) is 5.10 Å². The SMILES string of the molecule is CCn1nc(C)c(Cl)c1COc1ccc2c(c1)OCC2O. The predicted molar refractivity (Wildman–Crippen MR) is 78.9 cm³/mol. The Kier molecular flexibility index (Phi) is 3.78. The molecule has 2 aromatic rings. The maximum Gasteiger partial charge on any atom is 0.131 e. The Morgan fingerprint density at radius 3 is 3.10 bits per heavy atom. The summed E-state index contributed by atoms with van der Waals surface area (Å²) in [6.07, 6.45) is -0.548. The van der Waals surface area contributed by atoms with Gasteiger partial charge in [-0.05, 0) is 26.0 Å². The predicted octanol–water partition coefficient (Wildman–Crippen LogP) is 2.87. The lowest BCUT2D eigenvalue weighted by atomic mass is 10.1. The average molecular weight is 309 g/mol. The van der Waals surface area contributed by atoms with Gasteiger partial charge in [0, 0.05) is 18.2 Å². The summed E-state index contributed by atoms with van der Waals surface area (Å²) in [5.74, 6) is 1.35. The Morgan fingerprint density at radius 2 is 2.33 bits per heavy atom. The summed E-state index contributed by atoms with van der Waals surface area (Å²) in [4.78, 5) is 0. The number of hydrogen-bond acceptors (Lipinski definition) is 4. The number of hydrogen-bond donors (Lipinski definition) is 1. The topological polar surface area (TPSA) is 56.5 Å². The van der Waals surface area contributed by atoms with E-state index in [2.05, 4.69) is 5.10 Å². The summed E-state index contributed by atoms with van der Waals surface area (Å²) in [5.41, 5.74) is 2.46. The Hall–Kier alpha value is -1.72. The summed E-state index contributed by atoms with van der Waals surface area (Å²) >= 11 is 6.25. The number of aryl methyl sites for hydroxylation is 2. The van der Waals surface area contributed by atoms with Crippen molar-refractivity contribution in [1.82, 2.24) is 9.78 Å². The van der Waals surface area contributed by atoms with E-state index in [1.807, 2.05) is 30.7 Å². The Bertz CT molecular complexity index is 669. The number of halogens is 1. The Balaban J connectivity index is 1.77. The lowest BCUT2D eigenvalue weighted by molar-refractivity contribution is 0.140. The van der Waals surface area contributed by atoms with Crippen molar-refractivity contribution in [1.29, 1.82) is 0 Å². The summed E-state index contributed by atoms with van der Waals surface area (Å²) in [5, 5.41) is 14.7. The van der Waals surface area contributed by atoms with Gasteiger partial charge in [0.05, 0.1) is 16.4 Å². The molecule has 0 saturated heterocycles. The van der Waals surface area contributed by atoms with Crippen LogP contribution >= 0.6 is 11.6 Å². The van der Waals surface area contributed by atoms with E-state index in [1.165, 1.54) is 0 Å². The van der Waals surface area contributed by atoms with Crippen LogP contribution in [0.25, 0.3) is 0 Å². The second-order valence-electron chi connectivity index (χ2n) is 4.98.